The predicted octanol–water partition coefficient (Wildman–Crippen LogP) is 2.30. The number of carbonyl (C=O) groups excluding carboxylic acids is 2. The van der Waals surface area contributed by atoms with E-state index in [0.717, 1.165) is 17.1 Å². The lowest BCUT2D eigenvalue weighted by molar-refractivity contribution is -0.118. The molecule has 1 fully saturated rings. The van der Waals surface area contributed by atoms with Crippen LogP contribution in [0.5, 0.6) is 5.75 Å². The highest BCUT2D eigenvalue weighted by atomic mass is 16.5. The zero-order valence-corrected chi connectivity index (χ0v) is 15.2. The maximum absolute atomic E-state index is 12.7. The Morgan fingerprint density at radius 1 is 1.19 bits per heavy atom. The van der Waals surface area contributed by atoms with Crippen LogP contribution in [-0.4, -0.2) is 45.6 Å². The molecular weight excluding hydrogens is 330 g/mol. The number of benzene rings is 2. The first-order valence-electron chi connectivity index (χ1n) is 8.53. The number of anilines is 2. The Balaban J connectivity index is 1.68. The highest BCUT2D eigenvalue weighted by molar-refractivity contribution is 6.04. The van der Waals surface area contributed by atoms with Gasteiger partial charge in [0.15, 0.2) is 0 Å². The first-order chi connectivity index (χ1) is 12.5. The van der Waals surface area contributed by atoms with E-state index in [-0.39, 0.29) is 11.8 Å². The lowest BCUT2D eigenvalue weighted by Crippen LogP contribution is -2.41. The van der Waals surface area contributed by atoms with E-state index in [1.54, 1.807) is 18.1 Å². The summed E-state index contributed by atoms with van der Waals surface area (Å²) in [5.74, 6) is 0.418. The standard InChI is InChI=1S/C20H23N3O3/c1-22(2)16-6-4-5-14(13-16)19(24)21-18-11-12-23(20(18)25)15-7-9-17(26-3)10-8-15/h4-10,13,18H,11-12H2,1-3H3,(H,21,24). The predicted molar refractivity (Wildman–Crippen MR) is 102 cm³/mol. The van der Waals surface area contributed by atoms with Crippen molar-refractivity contribution in [3.8, 4) is 5.75 Å². The molecule has 2 amide bonds. The first kappa shape index (κ1) is 17.8. The average Bonchev–Trinajstić information content (AvgIpc) is 3.02. The molecule has 1 aliphatic rings. The van der Waals surface area contributed by atoms with Crippen molar-refractivity contribution in [1.82, 2.24) is 5.32 Å². The summed E-state index contributed by atoms with van der Waals surface area (Å²) in [6, 6.07) is 14.2. The number of methoxy groups -OCH3 is 1. The molecule has 3 rings (SSSR count). The second-order valence-corrected chi connectivity index (χ2v) is 6.45. The van der Waals surface area contributed by atoms with Crippen LogP contribution in [0, 0.1) is 0 Å². The van der Waals surface area contributed by atoms with Gasteiger partial charge in [-0.3, -0.25) is 9.59 Å². The molecule has 1 atom stereocenters. The third kappa shape index (κ3) is 3.64. The fraction of sp³-hybridized carbons (Fsp3) is 0.300. The van der Waals surface area contributed by atoms with Gasteiger partial charge in [0.1, 0.15) is 11.8 Å². The molecule has 1 unspecified atom stereocenters. The lowest BCUT2D eigenvalue weighted by Gasteiger charge is -2.18. The Morgan fingerprint density at radius 2 is 1.92 bits per heavy atom. The van der Waals surface area contributed by atoms with Gasteiger partial charge in [0.05, 0.1) is 7.11 Å². The van der Waals surface area contributed by atoms with E-state index in [0.29, 0.717) is 18.5 Å². The molecule has 0 aliphatic carbocycles. The summed E-state index contributed by atoms with van der Waals surface area (Å²) in [6.07, 6.45) is 0.587. The molecule has 1 saturated heterocycles. The topological polar surface area (TPSA) is 61.9 Å². The summed E-state index contributed by atoms with van der Waals surface area (Å²) in [5, 5.41) is 2.86. The molecule has 6 nitrogen and oxygen atoms in total. The second kappa shape index (κ2) is 7.47. The maximum Gasteiger partial charge on any atom is 0.252 e. The van der Waals surface area contributed by atoms with Crippen LogP contribution in [0.2, 0.25) is 0 Å². The zero-order valence-electron chi connectivity index (χ0n) is 15.2. The van der Waals surface area contributed by atoms with Crippen molar-refractivity contribution in [1.29, 1.82) is 0 Å². The minimum absolute atomic E-state index is 0.0905. The molecule has 1 aliphatic heterocycles. The van der Waals surface area contributed by atoms with Gasteiger partial charge in [-0.1, -0.05) is 6.07 Å². The molecule has 1 N–H and O–H groups in total. The monoisotopic (exact) mass is 353 g/mol. The zero-order chi connectivity index (χ0) is 18.7. The largest absolute Gasteiger partial charge is 0.497 e. The van der Waals surface area contributed by atoms with Gasteiger partial charge in [-0.05, 0) is 48.9 Å². The van der Waals surface area contributed by atoms with Crippen LogP contribution >= 0.6 is 0 Å². The number of hydrogen-bond donors (Lipinski definition) is 1. The van der Waals surface area contributed by atoms with Crippen molar-refractivity contribution >= 4 is 23.2 Å². The molecule has 0 aromatic heterocycles. The van der Waals surface area contributed by atoms with E-state index >= 15 is 0 Å². The van der Waals surface area contributed by atoms with Crippen molar-refractivity contribution in [3.63, 3.8) is 0 Å². The molecule has 6 heteroatoms. The lowest BCUT2D eigenvalue weighted by atomic mass is 10.1. The molecule has 1 heterocycles. The van der Waals surface area contributed by atoms with Crippen molar-refractivity contribution in [2.24, 2.45) is 0 Å². The van der Waals surface area contributed by atoms with Gasteiger partial charge in [-0.2, -0.15) is 0 Å². The Morgan fingerprint density at radius 3 is 2.58 bits per heavy atom. The Hall–Kier alpha value is -3.02. The summed E-state index contributed by atoms with van der Waals surface area (Å²) in [5.41, 5.74) is 2.30. The van der Waals surface area contributed by atoms with Gasteiger partial charge in [0, 0.05) is 37.6 Å². The Kier molecular flexibility index (Phi) is 5.11. The van der Waals surface area contributed by atoms with Crippen molar-refractivity contribution < 1.29 is 14.3 Å². The number of rotatable bonds is 5. The van der Waals surface area contributed by atoms with Gasteiger partial charge in [0.25, 0.3) is 5.91 Å². The molecule has 136 valence electrons. The molecule has 0 radical (unpaired) electrons. The summed E-state index contributed by atoms with van der Waals surface area (Å²) >= 11 is 0. The van der Waals surface area contributed by atoms with Crippen LogP contribution in [0.4, 0.5) is 11.4 Å². The van der Waals surface area contributed by atoms with Gasteiger partial charge >= 0.3 is 0 Å². The number of ether oxygens (including phenoxy) is 1. The van der Waals surface area contributed by atoms with Crippen LogP contribution in [0.15, 0.2) is 48.5 Å². The van der Waals surface area contributed by atoms with E-state index in [4.69, 9.17) is 4.74 Å². The van der Waals surface area contributed by atoms with Gasteiger partial charge < -0.3 is 19.9 Å². The number of nitrogens with one attached hydrogen (secondary N) is 1. The smallest absolute Gasteiger partial charge is 0.252 e. The molecule has 0 saturated carbocycles. The van der Waals surface area contributed by atoms with Crippen LogP contribution in [0.3, 0.4) is 0 Å². The van der Waals surface area contributed by atoms with E-state index < -0.39 is 6.04 Å². The molecule has 2 aromatic carbocycles. The van der Waals surface area contributed by atoms with E-state index in [9.17, 15) is 9.59 Å². The Labute approximate surface area is 153 Å². The van der Waals surface area contributed by atoms with Crippen molar-refractivity contribution in [2.75, 3.05) is 37.5 Å². The van der Waals surface area contributed by atoms with Gasteiger partial charge in [-0.25, -0.2) is 0 Å². The molecule has 2 aromatic rings. The average molecular weight is 353 g/mol. The number of carbonyl (C=O) groups is 2. The van der Waals surface area contributed by atoms with E-state index in [1.165, 1.54) is 0 Å². The normalized spacial score (nSPS) is 16.5. The number of hydrogen-bond acceptors (Lipinski definition) is 4. The van der Waals surface area contributed by atoms with Crippen molar-refractivity contribution in [2.45, 2.75) is 12.5 Å². The SMILES string of the molecule is COc1ccc(N2CCC(NC(=O)c3cccc(N(C)C)c3)C2=O)cc1. The maximum atomic E-state index is 12.7. The highest BCUT2D eigenvalue weighted by Gasteiger charge is 2.33. The minimum Gasteiger partial charge on any atom is -0.497 e. The second-order valence-electron chi connectivity index (χ2n) is 6.45. The molecular formula is C20H23N3O3. The van der Waals surface area contributed by atoms with Crippen LogP contribution in [0.25, 0.3) is 0 Å². The fourth-order valence-electron chi connectivity index (χ4n) is 3.00. The summed E-state index contributed by atoms with van der Waals surface area (Å²) in [4.78, 5) is 28.8. The van der Waals surface area contributed by atoms with Crippen LogP contribution in [0.1, 0.15) is 16.8 Å². The molecule has 0 spiro atoms. The summed E-state index contributed by atoms with van der Waals surface area (Å²) in [6.45, 7) is 0.577. The van der Waals surface area contributed by atoms with Gasteiger partial charge in [-0.15, -0.1) is 0 Å². The number of nitrogens with zero attached hydrogens (tertiary/aromatic N) is 2. The fourth-order valence-corrected chi connectivity index (χ4v) is 3.00. The highest BCUT2D eigenvalue weighted by Crippen LogP contribution is 2.24. The summed E-state index contributed by atoms with van der Waals surface area (Å²) in [7, 11) is 5.45. The van der Waals surface area contributed by atoms with Crippen molar-refractivity contribution in [3.05, 3.63) is 54.1 Å². The Bertz CT molecular complexity index is 802. The van der Waals surface area contributed by atoms with Gasteiger partial charge in [0.2, 0.25) is 5.91 Å². The van der Waals surface area contributed by atoms with Crippen LogP contribution < -0.4 is 19.9 Å². The van der Waals surface area contributed by atoms with Crippen LogP contribution in [-0.2, 0) is 4.79 Å². The summed E-state index contributed by atoms with van der Waals surface area (Å²) < 4.78 is 5.14. The van der Waals surface area contributed by atoms with E-state index in [1.807, 2.05) is 61.5 Å². The van der Waals surface area contributed by atoms with E-state index in [2.05, 4.69) is 5.32 Å². The molecule has 0 bridgehead atoms. The minimum atomic E-state index is -0.507. The number of amides is 2. The first-order valence-corrected chi connectivity index (χ1v) is 8.53. The third-order valence-corrected chi connectivity index (χ3v) is 4.52. The quantitative estimate of drug-likeness (QED) is 0.896. The third-order valence-electron chi connectivity index (χ3n) is 4.52. The molecule has 26 heavy (non-hydrogen) atoms.